The Kier molecular flexibility index (Phi) is 27.2. The number of esters is 2. The molecule has 8 aliphatic heterocycles. The first-order valence-electron chi connectivity index (χ1n) is 41.7. The highest BCUT2D eigenvalue weighted by atomic mass is 19.1. The number of amides is 12. The molecule has 0 aliphatic carbocycles. The second-order valence-corrected chi connectivity index (χ2v) is 33.7. The van der Waals surface area contributed by atoms with E-state index >= 15 is 0 Å². The number of ether oxygens (including phenoxy) is 3. The Bertz CT molecular complexity index is 4730. The van der Waals surface area contributed by atoms with Crippen molar-refractivity contribution in [2.45, 2.75) is 210 Å². The van der Waals surface area contributed by atoms with Gasteiger partial charge in [0.25, 0.3) is 0 Å². The molecule has 16 atom stereocenters. The van der Waals surface area contributed by atoms with Crippen LogP contribution >= 0.6 is 0 Å². The van der Waals surface area contributed by atoms with E-state index in [1.54, 1.807) is 12.1 Å². The van der Waals surface area contributed by atoms with Crippen molar-refractivity contribution in [2.75, 3.05) is 52.5 Å². The molecule has 0 spiro atoms. The maximum Gasteiger partial charge on any atom is 0.329 e. The molecule has 0 bridgehead atoms. The number of carbonyl (C=O) groups is 14. The predicted molar refractivity (Wildman–Crippen MR) is 431 cm³/mol. The van der Waals surface area contributed by atoms with Gasteiger partial charge < -0.3 is 84.6 Å². The van der Waals surface area contributed by atoms with Crippen LogP contribution in [0, 0.1) is 35.1 Å². The maximum absolute atomic E-state index is 14.8. The molecule has 10 heterocycles. The van der Waals surface area contributed by atoms with Gasteiger partial charge in [-0.25, -0.2) is 27.2 Å². The zero-order valence-corrected chi connectivity index (χ0v) is 69.4. The van der Waals surface area contributed by atoms with Crippen LogP contribution in [-0.4, -0.2) is 259 Å². The molecule has 0 radical (unpaired) electrons. The fourth-order valence-electron chi connectivity index (χ4n) is 18.1. The van der Waals surface area contributed by atoms with Gasteiger partial charge >= 0.3 is 11.9 Å². The number of aryl methyl sites for hydroxylation is 2. The van der Waals surface area contributed by atoms with Gasteiger partial charge in [0.05, 0.1) is 26.1 Å². The molecule has 0 saturated carbocycles. The zero-order chi connectivity index (χ0) is 87.4. The molecular formula is C87H104F4N14O17. The fraction of sp³-hybridized carbons (Fsp3) is 0.517. The van der Waals surface area contributed by atoms with Gasteiger partial charge in [0.2, 0.25) is 70.9 Å². The SMILES string of the molecule is C[C@H]1C[C@H]2C(=O)O[C@@H](C)[C@H](NC(=O)[C@H](Cc3cc(F)cc(F)c3)NC(=O)Cc3ccc4ccn(C)c4c3)C(=O)N3CCC[C@H]3C(=O)N3CCCC[C@H]3C(=O)N[C@@H](C)C(=O)N2C1.C[C@H]1C[C@H]2C(=O)O[C@@H](C)[C@H](NC(=O)[C@H](Cc3cc(F)cc(F)c3)NC(=O)Cc3ccc4ccn(C)c4c3)C(=O)N3CCC[C@H]3C(=O)N3CCOC[C@H]3C(=O)N[C@@H](C)C(=O)N2C1. The Balaban J connectivity index is 0.000000210. The number of aromatic nitrogens is 2. The standard InChI is InChI=1S/C44H53F2N7O8.C43H51F2N7O9/c1-24-16-36-44(60)61-26(3)38(43(59)52-14-7-9-34(52)42(58)51-13-6-5-8-33(51)40(56)47-25(2)41(57)53(36)23-24)49-39(55)32(19-28-17-30(45)22-31(46)18-28)48-37(54)21-27-10-11-29-12-15-50(4)35(29)20-27;1-23-14-34-43(59)61-25(3)37(42(58)50-10-5-6-32(50)41(57)51-12-13-60-22-35(51)39(55)46-24(2)40(56)52(34)21-23)48-38(54)31(17-27-15-29(44)20-30(45)16-27)47-36(53)19-26-7-8-28-9-11-49(4)33(28)18-26/h10-12,15,17-18,20,22,24-26,32-34,36,38H,5-9,13-14,16,19,21,23H2,1-4H3,(H,47,56)(H,48,54)(H,49,55);7-9,11,15-16,18,20,23-25,31-32,34-35,37H,5-6,10,12-14,17,19,21-22H2,1-4H3,(H,46,55)(H,47,53)(H,48,54)/t24-,25-,26-,32-,33-,34-,36-,38-;23-,24-,25-,31-,32-,34-,35-,37-/m00/s1. The molecule has 0 unspecified atom stereocenters. The molecule has 8 aliphatic rings. The highest BCUT2D eigenvalue weighted by Gasteiger charge is 2.51. The zero-order valence-electron chi connectivity index (χ0n) is 69.4. The summed E-state index contributed by atoms with van der Waals surface area (Å²) in [6, 6.07) is 5.76. The summed E-state index contributed by atoms with van der Waals surface area (Å²) in [5.41, 5.74) is 3.10. The summed E-state index contributed by atoms with van der Waals surface area (Å²) in [4.78, 5) is 205. The number of benzene rings is 4. The smallest absolute Gasteiger partial charge is 0.329 e. The van der Waals surface area contributed by atoms with Crippen molar-refractivity contribution in [1.82, 2.24) is 70.4 Å². The van der Waals surface area contributed by atoms with Crippen molar-refractivity contribution < 1.29 is 98.9 Å². The van der Waals surface area contributed by atoms with Gasteiger partial charge in [-0.3, -0.25) is 57.5 Å². The lowest BCUT2D eigenvalue weighted by atomic mass is 9.99. The molecule has 6 aromatic rings. The van der Waals surface area contributed by atoms with E-state index in [1.165, 1.54) is 57.1 Å². The number of hydrogen-bond acceptors (Lipinski definition) is 17. The minimum Gasteiger partial charge on any atom is -0.458 e. The molecular weight excluding hydrogens is 1590 g/mol. The molecule has 31 nitrogen and oxygen atoms in total. The first-order chi connectivity index (χ1) is 58.1. The number of halogens is 4. The molecule has 2 aromatic heterocycles. The fourth-order valence-corrected chi connectivity index (χ4v) is 18.1. The first-order valence-corrected chi connectivity index (χ1v) is 41.7. The van der Waals surface area contributed by atoms with E-state index in [9.17, 15) is 84.7 Å². The topological polar surface area (TPSA) is 368 Å². The first kappa shape index (κ1) is 88.0. The van der Waals surface area contributed by atoms with Crippen LogP contribution in [0.1, 0.15) is 122 Å². The van der Waals surface area contributed by atoms with Crippen molar-refractivity contribution in [3.8, 4) is 0 Å². The van der Waals surface area contributed by atoms with Crippen LogP contribution < -0.4 is 31.9 Å². The van der Waals surface area contributed by atoms with Crippen LogP contribution in [0.15, 0.2) is 97.3 Å². The van der Waals surface area contributed by atoms with Crippen LogP contribution in [0.5, 0.6) is 0 Å². The predicted octanol–water partition coefficient (Wildman–Crippen LogP) is 3.39. The summed E-state index contributed by atoms with van der Waals surface area (Å²) in [5.74, 6) is -13.2. The van der Waals surface area contributed by atoms with Gasteiger partial charge in [-0.05, 0) is 179 Å². The molecule has 8 saturated heterocycles. The Morgan fingerprint density at radius 3 is 1.26 bits per heavy atom. The lowest BCUT2D eigenvalue weighted by molar-refractivity contribution is -0.164. The third kappa shape index (κ3) is 19.9. The number of rotatable bonds is 14. The summed E-state index contributed by atoms with van der Waals surface area (Å²) in [5, 5.41) is 18.1. The van der Waals surface area contributed by atoms with Crippen LogP contribution in [0.3, 0.4) is 0 Å². The summed E-state index contributed by atoms with van der Waals surface area (Å²) < 4.78 is 78.9. The summed E-state index contributed by atoms with van der Waals surface area (Å²) in [6.45, 7) is 10.5. The number of cyclic esters (lactones) is 2. The molecule has 122 heavy (non-hydrogen) atoms. The number of fused-ring (bicyclic) bond motifs is 8. The summed E-state index contributed by atoms with van der Waals surface area (Å²) in [6.07, 6.45) is 3.40. The Labute approximate surface area is 701 Å². The Morgan fingerprint density at radius 1 is 0.434 bits per heavy atom. The minimum absolute atomic E-state index is 0.0376. The number of nitrogens with one attached hydrogen (secondary N) is 6. The molecule has 6 N–H and O–H groups in total. The van der Waals surface area contributed by atoms with Crippen LogP contribution in [0.25, 0.3) is 21.8 Å². The van der Waals surface area contributed by atoms with Gasteiger partial charge in [0, 0.05) is 102 Å². The molecule has 14 rings (SSSR count). The minimum atomic E-state index is -1.63. The molecule has 8 fully saturated rings. The van der Waals surface area contributed by atoms with Crippen molar-refractivity contribution in [2.24, 2.45) is 25.9 Å². The molecule has 12 amide bonds. The summed E-state index contributed by atoms with van der Waals surface area (Å²) in [7, 11) is 3.73. The molecule has 35 heteroatoms. The number of nitrogens with zero attached hydrogens (tertiary/aromatic N) is 8. The van der Waals surface area contributed by atoms with Crippen molar-refractivity contribution >= 4 is 105 Å². The van der Waals surface area contributed by atoms with Gasteiger partial charge in [0.1, 0.15) is 108 Å². The van der Waals surface area contributed by atoms with E-state index in [-0.39, 0.29) is 120 Å². The number of piperidine rings is 1. The quantitative estimate of drug-likeness (QED) is 0.0672. The van der Waals surface area contributed by atoms with Crippen LogP contribution in [0.2, 0.25) is 0 Å². The third-order valence-electron chi connectivity index (χ3n) is 24.4. The van der Waals surface area contributed by atoms with E-state index in [4.69, 9.17) is 14.2 Å². The Morgan fingerprint density at radius 2 is 0.828 bits per heavy atom. The third-order valence-corrected chi connectivity index (χ3v) is 24.4. The summed E-state index contributed by atoms with van der Waals surface area (Å²) >= 11 is 0. The van der Waals surface area contributed by atoms with E-state index in [1.807, 2.05) is 85.9 Å². The van der Waals surface area contributed by atoms with Crippen LogP contribution in [-0.2, 0) is 121 Å². The van der Waals surface area contributed by atoms with Crippen molar-refractivity contribution in [3.05, 3.63) is 143 Å². The lowest BCUT2D eigenvalue weighted by Gasteiger charge is -2.39. The largest absolute Gasteiger partial charge is 0.458 e. The highest BCUT2D eigenvalue weighted by Crippen LogP contribution is 2.33. The van der Waals surface area contributed by atoms with Gasteiger partial charge in [-0.2, -0.15) is 0 Å². The second kappa shape index (κ2) is 37.7. The van der Waals surface area contributed by atoms with Gasteiger partial charge in [0.15, 0.2) is 0 Å². The Hall–Kier alpha value is -11.8. The number of hydrogen-bond donors (Lipinski definition) is 6. The second-order valence-electron chi connectivity index (χ2n) is 33.7. The van der Waals surface area contributed by atoms with E-state index in [0.717, 1.165) is 46.1 Å². The van der Waals surface area contributed by atoms with E-state index in [0.29, 0.717) is 55.4 Å². The molecule has 4 aromatic carbocycles. The van der Waals surface area contributed by atoms with E-state index in [2.05, 4.69) is 31.9 Å². The lowest BCUT2D eigenvalue weighted by Crippen LogP contribution is -2.64. The maximum atomic E-state index is 14.8. The van der Waals surface area contributed by atoms with Crippen molar-refractivity contribution in [1.29, 1.82) is 0 Å². The van der Waals surface area contributed by atoms with Crippen molar-refractivity contribution in [3.63, 3.8) is 0 Å². The average molecular weight is 1690 g/mol. The van der Waals surface area contributed by atoms with E-state index < -0.39 is 197 Å². The van der Waals surface area contributed by atoms with Gasteiger partial charge in [-0.1, -0.05) is 38.1 Å². The highest BCUT2D eigenvalue weighted by molar-refractivity contribution is 6.01. The normalized spacial score (nSPS) is 27.0. The molecule has 652 valence electrons. The average Bonchev–Trinajstić information content (AvgIpc) is 1.63. The van der Waals surface area contributed by atoms with Gasteiger partial charge in [-0.15, -0.1) is 0 Å². The number of carbonyl (C=O) groups excluding carboxylic acids is 14. The van der Waals surface area contributed by atoms with Crippen LogP contribution in [0.4, 0.5) is 17.6 Å². The monoisotopic (exact) mass is 1690 g/mol. The number of morpholine rings is 1.